The minimum Gasteiger partial charge on any atom is -0.507 e. The summed E-state index contributed by atoms with van der Waals surface area (Å²) in [6.45, 7) is 5.54. The van der Waals surface area contributed by atoms with E-state index in [4.69, 9.17) is 9.15 Å². The number of carbonyl (C=O) groups excluding carboxylic acids is 1. The molecule has 0 fully saturated rings. The van der Waals surface area contributed by atoms with Crippen LogP contribution < -0.4 is 5.63 Å². The molecular formula is C20H18O5. The summed E-state index contributed by atoms with van der Waals surface area (Å²) in [6, 6.07) is 9.80. The molecule has 0 aliphatic heterocycles. The molecule has 0 amide bonds. The van der Waals surface area contributed by atoms with E-state index in [1.807, 2.05) is 32.9 Å². The van der Waals surface area contributed by atoms with Crippen LogP contribution in [0.4, 0.5) is 0 Å². The number of phenolic OH excluding ortho intramolecular Hbond substituents is 1. The first kappa shape index (κ1) is 16.8. The summed E-state index contributed by atoms with van der Waals surface area (Å²) < 4.78 is 10.6. The zero-order chi connectivity index (χ0) is 18.1. The first-order chi connectivity index (χ1) is 11.9. The first-order valence-corrected chi connectivity index (χ1v) is 7.86. The van der Waals surface area contributed by atoms with Crippen molar-refractivity contribution in [3.8, 4) is 5.75 Å². The smallest absolute Gasteiger partial charge is 0.342 e. The molecule has 25 heavy (non-hydrogen) atoms. The lowest BCUT2D eigenvalue weighted by Crippen LogP contribution is -2.09. The number of rotatable bonds is 3. The van der Waals surface area contributed by atoms with E-state index in [0.717, 1.165) is 22.1 Å². The van der Waals surface area contributed by atoms with Crippen molar-refractivity contribution in [2.75, 3.05) is 0 Å². The number of benzene rings is 2. The molecule has 0 saturated carbocycles. The lowest BCUT2D eigenvalue weighted by Gasteiger charge is -2.10. The second-order valence-corrected chi connectivity index (χ2v) is 6.07. The van der Waals surface area contributed by atoms with Gasteiger partial charge in [0.25, 0.3) is 0 Å². The molecule has 0 aliphatic rings. The van der Waals surface area contributed by atoms with Crippen LogP contribution in [0.5, 0.6) is 5.75 Å². The van der Waals surface area contributed by atoms with Crippen molar-refractivity contribution in [2.45, 2.75) is 27.4 Å². The number of aryl methyl sites for hydroxylation is 3. The van der Waals surface area contributed by atoms with Crippen molar-refractivity contribution in [3.63, 3.8) is 0 Å². The van der Waals surface area contributed by atoms with Gasteiger partial charge in [0.2, 0.25) is 0 Å². The summed E-state index contributed by atoms with van der Waals surface area (Å²) in [5.74, 6) is -0.786. The maximum Gasteiger partial charge on any atom is 0.342 e. The summed E-state index contributed by atoms with van der Waals surface area (Å²) in [6.07, 6.45) is 0. The molecule has 0 atom stereocenters. The fourth-order valence-corrected chi connectivity index (χ4v) is 2.68. The van der Waals surface area contributed by atoms with Gasteiger partial charge in [-0.1, -0.05) is 23.8 Å². The zero-order valence-corrected chi connectivity index (χ0v) is 14.3. The van der Waals surface area contributed by atoms with Crippen LogP contribution in [0.3, 0.4) is 0 Å². The fourth-order valence-electron chi connectivity index (χ4n) is 2.68. The zero-order valence-electron chi connectivity index (χ0n) is 14.3. The van der Waals surface area contributed by atoms with E-state index in [9.17, 15) is 14.7 Å². The summed E-state index contributed by atoms with van der Waals surface area (Å²) in [4.78, 5) is 24.1. The van der Waals surface area contributed by atoms with Crippen molar-refractivity contribution in [1.29, 1.82) is 0 Å². The SMILES string of the molecule is Cc1ccc(O)c(C(=O)OCc2cc(=O)oc3c(C)c(C)ccc23)c1. The number of aromatic hydroxyl groups is 1. The number of phenols is 1. The molecule has 0 bridgehead atoms. The molecule has 3 aromatic rings. The normalized spacial score (nSPS) is 10.8. The Morgan fingerprint density at radius 3 is 2.64 bits per heavy atom. The van der Waals surface area contributed by atoms with Crippen LogP contribution in [0, 0.1) is 20.8 Å². The van der Waals surface area contributed by atoms with Crippen molar-refractivity contribution in [1.82, 2.24) is 0 Å². The van der Waals surface area contributed by atoms with Crippen LogP contribution in [0.15, 0.2) is 45.6 Å². The minimum absolute atomic E-state index is 0.0865. The van der Waals surface area contributed by atoms with E-state index in [-0.39, 0.29) is 17.9 Å². The molecule has 3 rings (SSSR count). The molecule has 1 aromatic heterocycles. The summed E-state index contributed by atoms with van der Waals surface area (Å²) >= 11 is 0. The second kappa shape index (κ2) is 6.43. The van der Waals surface area contributed by atoms with Crippen LogP contribution in [0.25, 0.3) is 11.0 Å². The van der Waals surface area contributed by atoms with Crippen molar-refractivity contribution in [3.05, 3.63) is 74.6 Å². The van der Waals surface area contributed by atoms with Crippen LogP contribution in [-0.4, -0.2) is 11.1 Å². The topological polar surface area (TPSA) is 76.7 Å². The van der Waals surface area contributed by atoms with E-state index in [2.05, 4.69) is 0 Å². The Morgan fingerprint density at radius 1 is 1.12 bits per heavy atom. The highest BCUT2D eigenvalue weighted by Crippen LogP contribution is 2.25. The van der Waals surface area contributed by atoms with E-state index in [0.29, 0.717) is 11.1 Å². The number of ether oxygens (including phenoxy) is 1. The molecule has 5 heteroatoms. The molecule has 0 radical (unpaired) electrons. The van der Waals surface area contributed by atoms with Gasteiger partial charge in [-0.2, -0.15) is 0 Å². The molecule has 128 valence electrons. The predicted molar refractivity (Wildman–Crippen MR) is 93.9 cm³/mol. The average Bonchev–Trinajstić information content (AvgIpc) is 2.58. The van der Waals surface area contributed by atoms with Gasteiger partial charge in [0.1, 0.15) is 23.5 Å². The van der Waals surface area contributed by atoms with E-state index < -0.39 is 11.6 Å². The third-order valence-corrected chi connectivity index (χ3v) is 4.25. The van der Waals surface area contributed by atoms with Gasteiger partial charge in [-0.05, 0) is 44.0 Å². The Balaban J connectivity index is 1.93. The quantitative estimate of drug-likeness (QED) is 0.581. The molecule has 0 aliphatic carbocycles. The number of hydrogen-bond donors (Lipinski definition) is 1. The van der Waals surface area contributed by atoms with E-state index >= 15 is 0 Å². The van der Waals surface area contributed by atoms with Gasteiger partial charge in [-0.25, -0.2) is 9.59 Å². The van der Waals surface area contributed by atoms with Gasteiger partial charge >= 0.3 is 11.6 Å². The molecule has 0 unspecified atom stereocenters. The Kier molecular flexibility index (Phi) is 4.31. The maximum atomic E-state index is 12.2. The Bertz CT molecular complexity index is 1030. The highest BCUT2D eigenvalue weighted by atomic mass is 16.5. The number of esters is 1. The van der Waals surface area contributed by atoms with Gasteiger partial charge < -0.3 is 14.3 Å². The molecular weight excluding hydrogens is 320 g/mol. The highest BCUT2D eigenvalue weighted by molar-refractivity contribution is 5.93. The maximum absolute atomic E-state index is 12.2. The first-order valence-electron chi connectivity index (χ1n) is 7.86. The van der Waals surface area contributed by atoms with Gasteiger partial charge in [0, 0.05) is 17.0 Å². The minimum atomic E-state index is -0.647. The summed E-state index contributed by atoms with van der Waals surface area (Å²) in [7, 11) is 0. The lowest BCUT2D eigenvalue weighted by atomic mass is 10.0. The number of fused-ring (bicyclic) bond motifs is 1. The van der Waals surface area contributed by atoms with Gasteiger partial charge in [0.15, 0.2) is 0 Å². The predicted octanol–water partition coefficient (Wildman–Crippen LogP) is 3.78. The van der Waals surface area contributed by atoms with Crippen molar-refractivity contribution in [2.24, 2.45) is 0 Å². The molecule has 0 spiro atoms. The van der Waals surface area contributed by atoms with Crippen LogP contribution in [0.1, 0.15) is 32.6 Å². The number of hydrogen-bond acceptors (Lipinski definition) is 5. The van der Waals surface area contributed by atoms with Gasteiger partial charge in [-0.3, -0.25) is 0 Å². The van der Waals surface area contributed by atoms with Crippen molar-refractivity contribution >= 4 is 16.9 Å². The van der Waals surface area contributed by atoms with Crippen LogP contribution in [-0.2, 0) is 11.3 Å². The second-order valence-electron chi connectivity index (χ2n) is 6.07. The third kappa shape index (κ3) is 3.26. The molecule has 0 saturated heterocycles. The number of carbonyl (C=O) groups is 1. The van der Waals surface area contributed by atoms with Crippen molar-refractivity contribution < 1.29 is 19.1 Å². The van der Waals surface area contributed by atoms with Gasteiger partial charge in [0.05, 0.1) is 0 Å². The van der Waals surface area contributed by atoms with Gasteiger partial charge in [-0.15, -0.1) is 0 Å². The summed E-state index contributed by atoms with van der Waals surface area (Å²) in [5, 5.41) is 10.5. The van der Waals surface area contributed by atoms with E-state index in [1.165, 1.54) is 12.1 Å². The lowest BCUT2D eigenvalue weighted by molar-refractivity contribution is 0.0470. The fraction of sp³-hybridized carbons (Fsp3) is 0.200. The Labute approximate surface area is 144 Å². The standard InChI is InChI=1S/C20H18O5/c1-11-4-7-17(21)16(8-11)20(23)24-10-14-9-18(22)25-19-13(3)12(2)5-6-15(14)19/h4-9,21H,10H2,1-3H3. The largest absolute Gasteiger partial charge is 0.507 e. The molecule has 1 heterocycles. The average molecular weight is 338 g/mol. The third-order valence-electron chi connectivity index (χ3n) is 4.25. The highest BCUT2D eigenvalue weighted by Gasteiger charge is 2.15. The van der Waals surface area contributed by atoms with Crippen LogP contribution in [0.2, 0.25) is 0 Å². The van der Waals surface area contributed by atoms with Crippen LogP contribution >= 0.6 is 0 Å². The monoisotopic (exact) mass is 338 g/mol. The van der Waals surface area contributed by atoms with E-state index in [1.54, 1.807) is 12.1 Å². The molecule has 2 aromatic carbocycles. The molecule has 1 N–H and O–H groups in total. The Hall–Kier alpha value is -3.08. The molecule has 5 nitrogen and oxygen atoms in total. The Morgan fingerprint density at radius 2 is 1.88 bits per heavy atom. The summed E-state index contributed by atoms with van der Waals surface area (Å²) in [5.41, 5.74) is 3.38.